The molecule has 1 heterocycles. The van der Waals surface area contributed by atoms with Crippen LogP contribution in [0, 0.1) is 0 Å². The molecule has 0 aliphatic rings. The Morgan fingerprint density at radius 2 is 2.12 bits per heavy atom. The first-order chi connectivity index (χ1) is 8.13. The van der Waals surface area contributed by atoms with Crippen LogP contribution in [0.3, 0.4) is 0 Å². The summed E-state index contributed by atoms with van der Waals surface area (Å²) in [6, 6.07) is 7.63. The molecule has 17 heavy (non-hydrogen) atoms. The van der Waals surface area contributed by atoms with Gasteiger partial charge in [0.25, 0.3) is 5.56 Å². The highest BCUT2D eigenvalue weighted by Crippen LogP contribution is 2.23. The van der Waals surface area contributed by atoms with Gasteiger partial charge in [0.15, 0.2) is 0 Å². The van der Waals surface area contributed by atoms with E-state index >= 15 is 0 Å². The van der Waals surface area contributed by atoms with Crippen LogP contribution < -0.4 is 5.56 Å². The minimum atomic E-state index is -0.390. The van der Waals surface area contributed by atoms with E-state index < -0.39 is 5.56 Å². The second kappa shape index (κ2) is 4.71. The third-order valence-corrected chi connectivity index (χ3v) is 3.21. The van der Waals surface area contributed by atoms with E-state index in [1.807, 2.05) is 31.2 Å². The molecule has 0 aliphatic heterocycles. The lowest BCUT2D eigenvalue weighted by Gasteiger charge is -2.07. The smallest absolute Gasteiger partial charge is 0.269 e. The summed E-state index contributed by atoms with van der Waals surface area (Å²) in [6.07, 6.45) is 0.830. The summed E-state index contributed by atoms with van der Waals surface area (Å²) in [4.78, 5) is 18.1. The van der Waals surface area contributed by atoms with Crippen LogP contribution in [0.15, 0.2) is 33.5 Å². The quantitative estimate of drug-likeness (QED) is 0.894. The third-order valence-electron chi connectivity index (χ3n) is 2.50. The van der Waals surface area contributed by atoms with Gasteiger partial charge in [0, 0.05) is 5.56 Å². The van der Waals surface area contributed by atoms with Gasteiger partial charge in [-0.2, -0.15) is 4.98 Å². The van der Waals surface area contributed by atoms with Crippen molar-refractivity contribution in [2.75, 3.05) is 0 Å². The number of hydrogen-bond donors (Lipinski definition) is 2. The van der Waals surface area contributed by atoms with Gasteiger partial charge >= 0.3 is 0 Å². The lowest BCUT2D eigenvalue weighted by Crippen LogP contribution is -2.10. The second-order valence-corrected chi connectivity index (χ2v) is 4.36. The van der Waals surface area contributed by atoms with Crippen molar-refractivity contribution < 1.29 is 5.11 Å². The van der Waals surface area contributed by atoms with Gasteiger partial charge in [-0.25, -0.2) is 0 Å². The highest BCUT2D eigenvalue weighted by Gasteiger charge is 2.11. The highest BCUT2D eigenvalue weighted by molar-refractivity contribution is 9.10. The monoisotopic (exact) mass is 294 g/mol. The number of nitrogens with one attached hydrogen (secondary N) is 1. The van der Waals surface area contributed by atoms with Crippen LogP contribution in [0.5, 0.6) is 5.88 Å². The number of nitrogens with zero attached hydrogens (tertiary/aromatic N) is 1. The summed E-state index contributed by atoms with van der Waals surface area (Å²) in [5.74, 6) is 0.0859. The fourth-order valence-corrected chi connectivity index (χ4v) is 1.82. The predicted octanol–water partition coefficient (Wildman–Crippen LogP) is 2.47. The number of benzene rings is 1. The zero-order valence-corrected chi connectivity index (χ0v) is 10.8. The first-order valence-corrected chi connectivity index (χ1v) is 5.99. The molecule has 0 saturated carbocycles. The maximum atomic E-state index is 11.5. The van der Waals surface area contributed by atoms with Crippen molar-refractivity contribution in [3.63, 3.8) is 0 Å². The van der Waals surface area contributed by atoms with Crippen molar-refractivity contribution in [2.45, 2.75) is 13.3 Å². The molecule has 0 fully saturated rings. The molecule has 1 aromatic carbocycles. The first-order valence-electron chi connectivity index (χ1n) is 5.20. The van der Waals surface area contributed by atoms with Crippen LogP contribution in [-0.4, -0.2) is 15.1 Å². The Kier molecular flexibility index (Phi) is 3.28. The van der Waals surface area contributed by atoms with Crippen molar-refractivity contribution >= 4 is 15.9 Å². The average molecular weight is 295 g/mol. The summed E-state index contributed by atoms with van der Waals surface area (Å²) in [6.45, 7) is 2.02. The number of halogens is 1. The Hall–Kier alpha value is -1.62. The fourth-order valence-electron chi connectivity index (χ4n) is 1.63. The number of rotatable bonds is 2. The molecule has 0 unspecified atom stereocenters. The van der Waals surface area contributed by atoms with Gasteiger partial charge in [-0.15, -0.1) is 0 Å². The van der Waals surface area contributed by atoms with E-state index in [2.05, 4.69) is 25.9 Å². The number of H-pyrrole nitrogens is 1. The molecular formula is C12H11BrN2O2. The van der Waals surface area contributed by atoms with Crippen LogP contribution in [0.4, 0.5) is 0 Å². The Morgan fingerprint density at radius 3 is 2.76 bits per heavy atom. The number of aromatic nitrogens is 2. The van der Waals surface area contributed by atoms with Gasteiger partial charge in [-0.1, -0.05) is 31.2 Å². The van der Waals surface area contributed by atoms with E-state index in [0.29, 0.717) is 5.82 Å². The number of aryl methyl sites for hydroxylation is 1. The lowest BCUT2D eigenvalue weighted by molar-refractivity contribution is 0.448. The fraction of sp³-hybridized carbons (Fsp3) is 0.167. The van der Waals surface area contributed by atoms with Crippen LogP contribution in [0.1, 0.15) is 12.5 Å². The minimum absolute atomic E-state index is 0.0511. The number of hydrogen-bond acceptors (Lipinski definition) is 3. The Balaban J connectivity index is 2.65. The second-order valence-electron chi connectivity index (χ2n) is 3.56. The largest absolute Gasteiger partial charge is 0.492 e. The van der Waals surface area contributed by atoms with Crippen molar-refractivity contribution in [3.05, 3.63) is 44.7 Å². The molecule has 2 aromatic rings. The van der Waals surface area contributed by atoms with E-state index in [0.717, 1.165) is 17.5 Å². The van der Waals surface area contributed by atoms with Gasteiger partial charge in [0.1, 0.15) is 10.3 Å². The summed E-state index contributed by atoms with van der Waals surface area (Å²) >= 11 is 2.97. The molecule has 4 nitrogen and oxygen atoms in total. The molecule has 0 spiro atoms. The molecular weight excluding hydrogens is 284 g/mol. The van der Waals surface area contributed by atoms with Gasteiger partial charge < -0.3 is 10.1 Å². The van der Waals surface area contributed by atoms with E-state index in [1.165, 1.54) is 0 Å². The molecule has 2 rings (SSSR count). The number of aromatic hydroxyl groups is 1. The van der Waals surface area contributed by atoms with Gasteiger partial charge in [-0.3, -0.25) is 4.79 Å². The minimum Gasteiger partial charge on any atom is -0.492 e. The van der Waals surface area contributed by atoms with Gasteiger partial charge in [0.05, 0.1) is 0 Å². The van der Waals surface area contributed by atoms with Crippen molar-refractivity contribution in [1.82, 2.24) is 9.97 Å². The predicted molar refractivity (Wildman–Crippen MR) is 69.0 cm³/mol. The molecule has 1 aromatic heterocycles. The molecule has 88 valence electrons. The molecule has 0 bridgehead atoms. The van der Waals surface area contributed by atoms with Crippen LogP contribution in [0.2, 0.25) is 0 Å². The number of aromatic amines is 1. The van der Waals surface area contributed by atoms with E-state index in [4.69, 9.17) is 0 Å². The SMILES string of the molecule is CCc1ccccc1-c1nc(O)c(Br)c(=O)[nH]1. The highest BCUT2D eigenvalue weighted by atomic mass is 79.9. The van der Waals surface area contributed by atoms with E-state index in [1.54, 1.807) is 0 Å². The Bertz CT molecular complexity index is 608. The van der Waals surface area contributed by atoms with E-state index in [-0.39, 0.29) is 10.4 Å². The summed E-state index contributed by atoms with van der Waals surface area (Å²) in [7, 11) is 0. The third kappa shape index (κ3) is 2.24. The van der Waals surface area contributed by atoms with Crippen LogP contribution in [-0.2, 0) is 6.42 Å². The Labute approximate surface area is 106 Å². The molecule has 5 heteroatoms. The molecule has 0 saturated heterocycles. The standard InChI is InChI=1S/C12H11BrN2O2/c1-2-7-5-3-4-6-8(7)10-14-11(16)9(13)12(17)15-10/h3-6H,2H2,1H3,(H2,14,15,16,17). The van der Waals surface area contributed by atoms with Gasteiger partial charge in [-0.05, 0) is 27.9 Å². The zero-order valence-electron chi connectivity index (χ0n) is 9.20. The van der Waals surface area contributed by atoms with Crippen LogP contribution in [0.25, 0.3) is 11.4 Å². The topological polar surface area (TPSA) is 66.0 Å². The maximum absolute atomic E-state index is 11.5. The van der Waals surface area contributed by atoms with Crippen LogP contribution >= 0.6 is 15.9 Å². The molecule has 0 aliphatic carbocycles. The molecule has 0 atom stereocenters. The van der Waals surface area contributed by atoms with Gasteiger partial charge in [0.2, 0.25) is 5.88 Å². The van der Waals surface area contributed by atoms with Crippen molar-refractivity contribution in [3.8, 4) is 17.3 Å². The average Bonchev–Trinajstić information content (AvgIpc) is 2.35. The summed E-state index contributed by atoms with van der Waals surface area (Å²) < 4.78 is 0.0511. The maximum Gasteiger partial charge on any atom is 0.269 e. The van der Waals surface area contributed by atoms with E-state index in [9.17, 15) is 9.90 Å². The summed E-state index contributed by atoms with van der Waals surface area (Å²) in [5.41, 5.74) is 1.51. The van der Waals surface area contributed by atoms with Crippen molar-refractivity contribution in [1.29, 1.82) is 0 Å². The first kappa shape index (κ1) is 11.9. The summed E-state index contributed by atoms with van der Waals surface area (Å²) in [5, 5.41) is 9.53. The lowest BCUT2D eigenvalue weighted by atomic mass is 10.0. The zero-order chi connectivity index (χ0) is 12.4. The normalized spacial score (nSPS) is 10.5. The molecule has 2 N–H and O–H groups in total. The van der Waals surface area contributed by atoms with Crippen molar-refractivity contribution in [2.24, 2.45) is 0 Å². The Morgan fingerprint density at radius 1 is 1.41 bits per heavy atom. The molecule has 0 radical (unpaired) electrons. The molecule has 0 amide bonds.